The van der Waals surface area contributed by atoms with Crippen LogP contribution >= 0.6 is 11.3 Å². The smallest absolute Gasteiger partial charge is 0.0664 e. The molecule has 2 rings (SSSR count). The molecule has 0 amide bonds. The summed E-state index contributed by atoms with van der Waals surface area (Å²) in [4.78, 5) is 9.17. The van der Waals surface area contributed by atoms with E-state index < -0.39 is 0 Å². The normalized spacial score (nSPS) is 9.00. The number of hydrogen-bond acceptors (Lipinski definition) is 3. The van der Waals surface area contributed by atoms with E-state index in [-0.39, 0.29) is 20.1 Å². The molecule has 0 bridgehead atoms. The van der Waals surface area contributed by atoms with E-state index in [1.165, 1.54) is 0 Å². The molecule has 0 saturated heterocycles. The number of rotatable bonds is 1. The van der Waals surface area contributed by atoms with Crippen LogP contribution in [0, 0.1) is 6.07 Å². The first-order chi connectivity index (χ1) is 5.47. The fourth-order valence-corrected chi connectivity index (χ4v) is 1.40. The summed E-state index contributed by atoms with van der Waals surface area (Å²) >= 11 is 1.60. The van der Waals surface area contributed by atoms with E-state index in [1.54, 1.807) is 29.8 Å². The summed E-state index contributed by atoms with van der Waals surface area (Å²) in [5.41, 5.74) is 0. The minimum absolute atomic E-state index is 0. The van der Waals surface area contributed by atoms with Crippen LogP contribution in [0.2, 0.25) is 0 Å². The van der Waals surface area contributed by atoms with Gasteiger partial charge in [0, 0.05) is 32.5 Å². The molecule has 0 aliphatic rings. The molecule has 63 valence electrons. The zero-order valence-corrected chi connectivity index (χ0v) is 9.23. The second-order valence-electron chi connectivity index (χ2n) is 1.97. The zero-order chi connectivity index (χ0) is 7.52. The van der Waals surface area contributed by atoms with Gasteiger partial charge in [0.05, 0.1) is 5.82 Å². The van der Waals surface area contributed by atoms with E-state index in [0.29, 0.717) is 0 Å². The maximum absolute atomic E-state index is 4.09. The van der Waals surface area contributed by atoms with Crippen LogP contribution in [0.3, 0.4) is 0 Å². The van der Waals surface area contributed by atoms with Gasteiger partial charge in [0.15, 0.2) is 0 Å². The molecular weight excluding hydrogens is 348 g/mol. The van der Waals surface area contributed by atoms with Crippen molar-refractivity contribution in [2.45, 2.75) is 0 Å². The monoisotopic (exact) mass is 354 g/mol. The van der Waals surface area contributed by atoms with Crippen LogP contribution in [0.4, 0.5) is 0 Å². The van der Waals surface area contributed by atoms with Crippen LogP contribution in [0.5, 0.6) is 0 Å². The van der Waals surface area contributed by atoms with Gasteiger partial charge in [0.1, 0.15) is 0 Å². The Bertz CT molecular complexity index is 320. The van der Waals surface area contributed by atoms with Crippen molar-refractivity contribution in [1.29, 1.82) is 0 Å². The summed E-state index contributed by atoms with van der Waals surface area (Å²) in [6.07, 6.45) is 3.46. The van der Waals surface area contributed by atoms with E-state index in [2.05, 4.69) is 16.0 Å². The summed E-state index contributed by atoms with van der Waals surface area (Å²) in [5, 5.41) is 1.96. The third-order valence-corrected chi connectivity index (χ3v) is 2.05. The predicted molar refractivity (Wildman–Crippen MR) is 44.2 cm³/mol. The van der Waals surface area contributed by atoms with Gasteiger partial charge in [0.2, 0.25) is 0 Å². The molecule has 0 unspecified atom stereocenters. The van der Waals surface area contributed by atoms with Gasteiger partial charge in [-0.25, -0.2) is 11.3 Å². The molecule has 2 aromatic rings. The molecule has 0 aliphatic carbocycles. The molecule has 2 heterocycles. The molecule has 0 aliphatic heterocycles. The average Bonchev–Trinajstić information content (AvgIpc) is 2.58. The third-order valence-electron chi connectivity index (χ3n) is 1.24. The van der Waals surface area contributed by atoms with E-state index >= 15 is 0 Å². The first-order valence-electron chi connectivity index (χ1n) is 3.19. The molecule has 0 saturated carbocycles. The standard InChI is InChI=1S/C8H5N2S.Ir/c1-3-7(11-6-1)8-9-4-2-5-10-8;/h1-2,4-6H;/q-1;. The van der Waals surface area contributed by atoms with Crippen LogP contribution in [-0.4, -0.2) is 9.97 Å². The Morgan fingerprint density at radius 2 is 2.00 bits per heavy atom. The quantitative estimate of drug-likeness (QED) is 0.733. The van der Waals surface area contributed by atoms with Gasteiger partial charge < -0.3 is 0 Å². The van der Waals surface area contributed by atoms with Gasteiger partial charge in [-0.1, -0.05) is 4.88 Å². The molecule has 2 nitrogen and oxygen atoms in total. The van der Waals surface area contributed by atoms with Crippen LogP contribution < -0.4 is 0 Å². The number of nitrogens with zero attached hydrogens (tertiary/aromatic N) is 2. The molecule has 2 aromatic heterocycles. The largest absolute Gasteiger partial charge is 0.299 e. The van der Waals surface area contributed by atoms with Crippen LogP contribution in [-0.2, 0) is 20.1 Å². The second-order valence-corrected chi connectivity index (χ2v) is 2.88. The van der Waals surface area contributed by atoms with Crippen molar-refractivity contribution in [3.63, 3.8) is 0 Å². The Labute approximate surface area is 88.0 Å². The Hall–Kier alpha value is -0.571. The van der Waals surface area contributed by atoms with E-state index in [0.717, 1.165) is 10.7 Å². The number of aromatic nitrogens is 2. The molecule has 0 aromatic carbocycles. The van der Waals surface area contributed by atoms with Crippen molar-refractivity contribution in [3.8, 4) is 10.7 Å². The first kappa shape index (κ1) is 9.52. The van der Waals surface area contributed by atoms with Crippen LogP contribution in [0.1, 0.15) is 0 Å². The molecule has 0 atom stereocenters. The summed E-state index contributed by atoms with van der Waals surface area (Å²) in [5.74, 6) is 0.752. The Morgan fingerprint density at radius 3 is 2.58 bits per heavy atom. The Morgan fingerprint density at radius 1 is 1.25 bits per heavy atom. The van der Waals surface area contributed by atoms with E-state index in [4.69, 9.17) is 0 Å². The van der Waals surface area contributed by atoms with Crippen molar-refractivity contribution in [2.24, 2.45) is 0 Å². The summed E-state index contributed by atoms with van der Waals surface area (Å²) in [7, 11) is 0. The fourth-order valence-electron chi connectivity index (χ4n) is 0.779. The summed E-state index contributed by atoms with van der Waals surface area (Å²) < 4.78 is 0. The molecule has 0 fully saturated rings. The van der Waals surface area contributed by atoms with Gasteiger partial charge in [-0.2, -0.15) is 12.1 Å². The Kier molecular flexibility index (Phi) is 3.53. The van der Waals surface area contributed by atoms with Gasteiger partial charge >= 0.3 is 0 Å². The van der Waals surface area contributed by atoms with Gasteiger partial charge in [-0.05, 0) is 6.07 Å². The average molecular weight is 353 g/mol. The topological polar surface area (TPSA) is 25.8 Å². The second kappa shape index (κ2) is 4.45. The molecular formula is C8H5IrN2S-. The maximum Gasteiger partial charge on any atom is 0.0664 e. The third kappa shape index (κ3) is 1.97. The minimum atomic E-state index is 0. The minimum Gasteiger partial charge on any atom is -0.299 e. The van der Waals surface area contributed by atoms with E-state index in [1.807, 2.05) is 11.4 Å². The van der Waals surface area contributed by atoms with Crippen molar-refractivity contribution >= 4 is 11.3 Å². The van der Waals surface area contributed by atoms with Gasteiger partial charge in [-0.15, -0.1) is 5.38 Å². The summed E-state index contributed by atoms with van der Waals surface area (Å²) in [6.45, 7) is 0. The molecule has 1 radical (unpaired) electrons. The van der Waals surface area contributed by atoms with E-state index in [9.17, 15) is 0 Å². The zero-order valence-electron chi connectivity index (χ0n) is 6.02. The molecule has 0 N–H and O–H groups in total. The molecule has 0 spiro atoms. The van der Waals surface area contributed by atoms with Crippen LogP contribution in [0.15, 0.2) is 29.9 Å². The van der Waals surface area contributed by atoms with Crippen molar-refractivity contribution < 1.29 is 20.1 Å². The molecule has 4 heteroatoms. The van der Waals surface area contributed by atoms with Crippen molar-refractivity contribution in [1.82, 2.24) is 9.97 Å². The Balaban J connectivity index is 0.000000720. The molecule has 12 heavy (non-hydrogen) atoms. The maximum atomic E-state index is 4.09. The van der Waals surface area contributed by atoms with Crippen molar-refractivity contribution in [3.05, 3.63) is 36.0 Å². The predicted octanol–water partition coefficient (Wildman–Crippen LogP) is 2.00. The first-order valence-corrected chi connectivity index (χ1v) is 4.07. The van der Waals surface area contributed by atoms with Crippen molar-refractivity contribution in [2.75, 3.05) is 0 Å². The number of thiophene rings is 1. The number of hydrogen-bond donors (Lipinski definition) is 0. The van der Waals surface area contributed by atoms with Crippen LogP contribution in [0.25, 0.3) is 10.7 Å². The van der Waals surface area contributed by atoms with Gasteiger partial charge in [0.25, 0.3) is 0 Å². The SMILES string of the molecule is [Ir].[c-]1ccsc1-c1ncccn1. The fraction of sp³-hybridized carbons (Fsp3) is 0. The van der Waals surface area contributed by atoms with Gasteiger partial charge in [-0.3, -0.25) is 9.97 Å². The summed E-state index contributed by atoms with van der Waals surface area (Å²) in [6, 6.07) is 6.72.